The van der Waals surface area contributed by atoms with Crippen LogP contribution in [0.3, 0.4) is 0 Å². The molecule has 0 unspecified atom stereocenters. The quantitative estimate of drug-likeness (QED) is 0.712. The fourth-order valence-electron chi connectivity index (χ4n) is 2.43. The van der Waals surface area contributed by atoms with Crippen LogP contribution in [-0.4, -0.2) is 68.3 Å². The van der Waals surface area contributed by atoms with Crippen LogP contribution in [0.1, 0.15) is 13.3 Å². The zero-order valence-corrected chi connectivity index (χ0v) is 11.2. The van der Waals surface area contributed by atoms with Crippen LogP contribution in [0, 0.1) is 6.92 Å². The van der Waals surface area contributed by atoms with Gasteiger partial charge < -0.3 is 4.74 Å². The molecule has 2 fully saturated rings. The Labute approximate surface area is 104 Å². The summed E-state index contributed by atoms with van der Waals surface area (Å²) < 4.78 is 30.5. The zero-order chi connectivity index (χ0) is 12.5. The molecule has 6 heteroatoms. The first kappa shape index (κ1) is 13.3. The second kappa shape index (κ2) is 4.84. The van der Waals surface area contributed by atoms with Gasteiger partial charge in [0.05, 0.1) is 19.0 Å². The molecule has 0 bridgehead atoms. The van der Waals surface area contributed by atoms with E-state index in [1.54, 1.807) is 4.31 Å². The second-order valence-corrected chi connectivity index (χ2v) is 7.00. The maximum Gasteiger partial charge on any atom is 0.214 e. The van der Waals surface area contributed by atoms with E-state index in [4.69, 9.17) is 4.74 Å². The summed E-state index contributed by atoms with van der Waals surface area (Å²) in [4.78, 5) is 2.24. The van der Waals surface area contributed by atoms with E-state index in [9.17, 15) is 8.42 Å². The van der Waals surface area contributed by atoms with Crippen molar-refractivity contribution in [3.05, 3.63) is 6.92 Å². The third-order valence-electron chi connectivity index (χ3n) is 3.48. The minimum atomic E-state index is -3.05. The van der Waals surface area contributed by atoms with Crippen molar-refractivity contribution in [3.63, 3.8) is 0 Å². The largest absolute Gasteiger partial charge is 0.379 e. The summed E-state index contributed by atoms with van der Waals surface area (Å²) in [6.45, 7) is 10.3. The maximum atomic E-state index is 11.8. The molecule has 0 aromatic heterocycles. The SMILES string of the molecule is [CH2]C1(N2CCOCC2)CN(S(=O)(=O)CCC)C1. The van der Waals surface area contributed by atoms with Gasteiger partial charge in [-0.25, -0.2) is 8.42 Å². The Kier molecular flexibility index (Phi) is 3.77. The van der Waals surface area contributed by atoms with E-state index in [1.165, 1.54) is 0 Å². The van der Waals surface area contributed by atoms with Crippen molar-refractivity contribution in [2.24, 2.45) is 0 Å². The average Bonchev–Trinajstić information content (AvgIpc) is 2.26. The minimum absolute atomic E-state index is 0.232. The normalized spacial score (nSPS) is 26.7. The molecule has 2 aliphatic rings. The van der Waals surface area contributed by atoms with Gasteiger partial charge in [-0.05, 0) is 13.3 Å². The van der Waals surface area contributed by atoms with Crippen molar-refractivity contribution in [1.29, 1.82) is 0 Å². The smallest absolute Gasteiger partial charge is 0.214 e. The number of rotatable bonds is 4. The lowest BCUT2D eigenvalue weighted by atomic mass is 9.92. The molecule has 0 aromatic rings. The van der Waals surface area contributed by atoms with E-state index in [0.717, 1.165) is 26.3 Å². The molecule has 2 rings (SSSR count). The highest BCUT2D eigenvalue weighted by Crippen LogP contribution is 2.30. The summed E-state index contributed by atoms with van der Waals surface area (Å²) in [5.74, 6) is 0.242. The van der Waals surface area contributed by atoms with Gasteiger partial charge in [0, 0.05) is 31.7 Å². The average molecular weight is 261 g/mol. The van der Waals surface area contributed by atoms with Gasteiger partial charge in [0.15, 0.2) is 0 Å². The van der Waals surface area contributed by atoms with Gasteiger partial charge in [-0.1, -0.05) is 6.92 Å². The van der Waals surface area contributed by atoms with Crippen LogP contribution in [0.2, 0.25) is 0 Å². The number of nitrogens with zero attached hydrogens (tertiary/aromatic N) is 2. The molecule has 0 spiro atoms. The molecular weight excluding hydrogens is 240 g/mol. The second-order valence-electron chi connectivity index (χ2n) is 4.91. The predicted octanol–water partition coefficient (Wildman–Crippen LogP) is -0.0531. The molecule has 0 aromatic carbocycles. The Morgan fingerprint density at radius 2 is 1.88 bits per heavy atom. The van der Waals surface area contributed by atoms with Gasteiger partial charge in [-0.15, -0.1) is 0 Å². The molecule has 5 nitrogen and oxygen atoms in total. The molecule has 2 heterocycles. The van der Waals surface area contributed by atoms with E-state index in [1.807, 2.05) is 6.92 Å². The topological polar surface area (TPSA) is 49.9 Å². The van der Waals surface area contributed by atoms with Crippen molar-refractivity contribution in [3.8, 4) is 0 Å². The van der Waals surface area contributed by atoms with Crippen LogP contribution < -0.4 is 0 Å². The maximum absolute atomic E-state index is 11.8. The first-order valence-electron chi connectivity index (χ1n) is 6.14. The lowest BCUT2D eigenvalue weighted by molar-refractivity contribution is -0.0472. The fraction of sp³-hybridized carbons (Fsp3) is 0.909. The molecule has 17 heavy (non-hydrogen) atoms. The molecule has 0 amide bonds. The highest BCUT2D eigenvalue weighted by atomic mass is 32.2. The Balaban J connectivity index is 1.92. The van der Waals surface area contributed by atoms with Crippen LogP contribution in [0.15, 0.2) is 0 Å². The highest BCUT2D eigenvalue weighted by molar-refractivity contribution is 7.89. The van der Waals surface area contributed by atoms with Crippen LogP contribution in [-0.2, 0) is 14.8 Å². The fourth-order valence-corrected chi connectivity index (χ4v) is 4.08. The number of ether oxygens (including phenoxy) is 1. The number of sulfonamides is 1. The number of hydrogen-bond acceptors (Lipinski definition) is 4. The van der Waals surface area contributed by atoms with Crippen molar-refractivity contribution < 1.29 is 13.2 Å². The molecule has 2 aliphatic heterocycles. The van der Waals surface area contributed by atoms with Crippen molar-refractivity contribution in [1.82, 2.24) is 9.21 Å². The van der Waals surface area contributed by atoms with E-state index in [0.29, 0.717) is 19.5 Å². The van der Waals surface area contributed by atoms with Crippen molar-refractivity contribution in [2.45, 2.75) is 18.9 Å². The number of hydrogen-bond donors (Lipinski definition) is 0. The highest BCUT2D eigenvalue weighted by Gasteiger charge is 2.48. The van der Waals surface area contributed by atoms with Gasteiger partial charge in [0.25, 0.3) is 0 Å². The molecule has 1 radical (unpaired) electrons. The van der Waals surface area contributed by atoms with Crippen LogP contribution in [0.25, 0.3) is 0 Å². The molecule has 0 atom stereocenters. The monoisotopic (exact) mass is 261 g/mol. The summed E-state index contributed by atoms with van der Waals surface area (Å²) in [5.41, 5.74) is -0.232. The van der Waals surface area contributed by atoms with Crippen molar-refractivity contribution in [2.75, 3.05) is 45.1 Å². The van der Waals surface area contributed by atoms with Gasteiger partial charge in [-0.3, -0.25) is 4.90 Å². The third-order valence-corrected chi connectivity index (χ3v) is 5.45. The molecule has 2 saturated heterocycles. The van der Waals surface area contributed by atoms with E-state index >= 15 is 0 Å². The predicted molar refractivity (Wildman–Crippen MR) is 66.1 cm³/mol. The van der Waals surface area contributed by atoms with Gasteiger partial charge in [0.2, 0.25) is 10.0 Å². The van der Waals surface area contributed by atoms with Crippen molar-refractivity contribution >= 4 is 10.0 Å². The Morgan fingerprint density at radius 3 is 2.41 bits per heavy atom. The molecule has 99 valence electrons. The summed E-state index contributed by atoms with van der Waals surface area (Å²) >= 11 is 0. The van der Waals surface area contributed by atoms with Gasteiger partial charge in [-0.2, -0.15) is 4.31 Å². The van der Waals surface area contributed by atoms with E-state index < -0.39 is 10.0 Å². The Hall–Kier alpha value is -0.170. The zero-order valence-electron chi connectivity index (χ0n) is 10.4. The summed E-state index contributed by atoms with van der Waals surface area (Å²) in [7, 11) is -3.05. The summed E-state index contributed by atoms with van der Waals surface area (Å²) in [5, 5.41) is 0. The minimum Gasteiger partial charge on any atom is -0.379 e. The summed E-state index contributed by atoms with van der Waals surface area (Å²) in [6, 6.07) is 0. The standard InChI is InChI=1S/C11H21N2O3S/c1-3-8-17(14,15)13-9-11(2,10-13)12-4-6-16-7-5-12/h2-10H2,1H3. The first-order valence-corrected chi connectivity index (χ1v) is 7.75. The number of morpholine rings is 1. The lowest BCUT2D eigenvalue weighted by Gasteiger charge is -2.54. The Bertz CT molecular complexity index is 357. The van der Waals surface area contributed by atoms with E-state index in [2.05, 4.69) is 11.8 Å². The molecule has 0 N–H and O–H groups in total. The van der Waals surface area contributed by atoms with Crippen LogP contribution >= 0.6 is 0 Å². The first-order chi connectivity index (χ1) is 7.98. The van der Waals surface area contributed by atoms with Crippen LogP contribution in [0.4, 0.5) is 0 Å². The third kappa shape index (κ3) is 2.65. The molecule has 0 saturated carbocycles. The summed E-state index contributed by atoms with van der Waals surface area (Å²) in [6.07, 6.45) is 0.667. The van der Waals surface area contributed by atoms with E-state index in [-0.39, 0.29) is 11.3 Å². The Morgan fingerprint density at radius 1 is 1.29 bits per heavy atom. The van der Waals surface area contributed by atoms with Gasteiger partial charge >= 0.3 is 0 Å². The lowest BCUT2D eigenvalue weighted by Crippen LogP contribution is -2.71. The molecular formula is C11H21N2O3S. The van der Waals surface area contributed by atoms with Crippen LogP contribution in [0.5, 0.6) is 0 Å². The molecule has 0 aliphatic carbocycles. The van der Waals surface area contributed by atoms with Gasteiger partial charge in [0.1, 0.15) is 0 Å².